The molecule has 2 aromatic carbocycles. The van der Waals surface area contributed by atoms with Crippen molar-refractivity contribution in [3.05, 3.63) is 54.2 Å². The molecule has 8 nitrogen and oxygen atoms in total. The Balaban J connectivity index is 1.63. The fraction of sp³-hybridized carbons (Fsp3) is 0.150. The minimum absolute atomic E-state index is 0.0214. The Kier molecular flexibility index (Phi) is 5.35. The highest BCUT2D eigenvalue weighted by molar-refractivity contribution is 7.99. The van der Waals surface area contributed by atoms with Crippen LogP contribution in [0, 0.1) is 6.92 Å². The van der Waals surface area contributed by atoms with Gasteiger partial charge in [0.1, 0.15) is 5.82 Å². The van der Waals surface area contributed by atoms with Crippen molar-refractivity contribution in [2.24, 2.45) is 0 Å². The number of H-pyrrole nitrogens is 1. The molecule has 0 spiro atoms. The first-order chi connectivity index (χ1) is 14.3. The summed E-state index contributed by atoms with van der Waals surface area (Å²) >= 11 is 1.35. The van der Waals surface area contributed by atoms with Crippen molar-refractivity contribution in [3.8, 4) is 11.3 Å². The van der Waals surface area contributed by atoms with Crippen LogP contribution in [0.1, 0.15) is 12.6 Å². The van der Waals surface area contributed by atoms with E-state index in [0.717, 1.165) is 32.7 Å². The number of rotatable bonds is 6. The first-order valence-electron chi connectivity index (χ1n) is 9.21. The largest absolute Gasteiger partial charge is 0.383 e. The van der Waals surface area contributed by atoms with Gasteiger partial charge in [0.05, 0.1) is 22.3 Å². The number of hydrogen-bond donors (Lipinski definition) is 3. The third kappa shape index (κ3) is 4.24. The molecule has 154 valence electrons. The number of fused-ring (bicyclic) bond motifs is 1. The molecule has 0 aliphatic heterocycles. The summed E-state index contributed by atoms with van der Waals surface area (Å²) in [5, 5.41) is 8.53. The summed E-state index contributed by atoms with van der Waals surface area (Å²) < 4.78 is 25.9. The number of aryl methyl sites for hydroxylation is 1. The van der Waals surface area contributed by atoms with Gasteiger partial charge in [-0.3, -0.25) is 9.82 Å². The van der Waals surface area contributed by atoms with Gasteiger partial charge < -0.3 is 5.73 Å². The second kappa shape index (κ2) is 7.96. The van der Waals surface area contributed by atoms with Crippen molar-refractivity contribution >= 4 is 44.2 Å². The number of nitrogens with zero attached hydrogens (tertiary/aromatic N) is 3. The van der Waals surface area contributed by atoms with Gasteiger partial charge >= 0.3 is 0 Å². The molecule has 0 radical (unpaired) electrons. The number of benzene rings is 2. The van der Waals surface area contributed by atoms with Crippen molar-refractivity contribution in [2.75, 3.05) is 16.2 Å². The fourth-order valence-corrected chi connectivity index (χ4v) is 4.36. The molecule has 0 saturated heterocycles. The van der Waals surface area contributed by atoms with Crippen LogP contribution in [0.3, 0.4) is 0 Å². The molecule has 4 rings (SSSR count). The molecule has 30 heavy (non-hydrogen) atoms. The maximum Gasteiger partial charge on any atom is 0.232 e. The Morgan fingerprint density at radius 2 is 1.90 bits per heavy atom. The number of nitrogens with two attached hydrogens (primary N) is 1. The van der Waals surface area contributed by atoms with Gasteiger partial charge in [-0.15, -0.1) is 0 Å². The van der Waals surface area contributed by atoms with E-state index in [2.05, 4.69) is 24.9 Å². The van der Waals surface area contributed by atoms with Gasteiger partial charge in [-0.05, 0) is 62.0 Å². The van der Waals surface area contributed by atoms with Gasteiger partial charge in [0, 0.05) is 21.8 Å². The van der Waals surface area contributed by atoms with Crippen LogP contribution in [0.2, 0.25) is 0 Å². The Morgan fingerprint density at radius 1 is 1.13 bits per heavy atom. The molecule has 0 bridgehead atoms. The second-order valence-electron chi connectivity index (χ2n) is 6.66. The summed E-state index contributed by atoms with van der Waals surface area (Å²) in [7, 11) is -3.31. The van der Waals surface area contributed by atoms with Crippen LogP contribution < -0.4 is 10.5 Å². The quantitative estimate of drug-likeness (QED) is 0.389. The Hall–Kier alpha value is -3.11. The lowest BCUT2D eigenvalue weighted by Gasteiger charge is -2.09. The maximum atomic E-state index is 11.7. The van der Waals surface area contributed by atoms with Gasteiger partial charge in [-0.2, -0.15) is 5.10 Å². The molecule has 4 N–H and O–H groups in total. The van der Waals surface area contributed by atoms with E-state index >= 15 is 0 Å². The number of aromatic nitrogens is 4. The lowest BCUT2D eigenvalue weighted by atomic mass is 10.1. The Labute approximate surface area is 178 Å². The minimum atomic E-state index is -3.31. The van der Waals surface area contributed by atoms with Crippen molar-refractivity contribution in [3.63, 3.8) is 0 Å². The molecule has 0 fully saturated rings. The molecule has 0 aliphatic carbocycles. The standard InChI is InChI=1S/C20H20N6O2S2/c1-3-30(27,28)26-13-7-9-14(10-8-13)29-20-22-16-6-4-5-15(18(16)19(21)23-20)17-11-12(2)24-25-17/h4-11,26H,3H2,1-2H3,(H,24,25)(H2,21,22,23). The average Bonchev–Trinajstić information content (AvgIpc) is 3.15. The van der Waals surface area contributed by atoms with Crippen LogP contribution >= 0.6 is 11.8 Å². The highest BCUT2D eigenvalue weighted by Gasteiger charge is 2.14. The Morgan fingerprint density at radius 3 is 2.57 bits per heavy atom. The molecule has 0 unspecified atom stereocenters. The van der Waals surface area contributed by atoms with Crippen molar-refractivity contribution in [1.82, 2.24) is 20.2 Å². The van der Waals surface area contributed by atoms with E-state index in [1.165, 1.54) is 11.8 Å². The number of aromatic amines is 1. The summed E-state index contributed by atoms with van der Waals surface area (Å²) in [6.45, 7) is 3.53. The summed E-state index contributed by atoms with van der Waals surface area (Å²) in [5.74, 6) is 0.402. The van der Waals surface area contributed by atoms with Crippen LogP contribution in [0.5, 0.6) is 0 Å². The number of nitrogens with one attached hydrogen (secondary N) is 2. The lowest BCUT2D eigenvalue weighted by Crippen LogP contribution is -2.14. The molecule has 0 aliphatic rings. The molecule has 2 heterocycles. The van der Waals surface area contributed by atoms with Crippen LogP contribution in [0.15, 0.2) is 58.6 Å². The van der Waals surface area contributed by atoms with Gasteiger partial charge in [0.15, 0.2) is 5.16 Å². The zero-order chi connectivity index (χ0) is 21.3. The second-order valence-corrected chi connectivity index (χ2v) is 9.71. The zero-order valence-electron chi connectivity index (χ0n) is 16.4. The van der Waals surface area contributed by atoms with E-state index < -0.39 is 10.0 Å². The number of nitrogen functional groups attached to an aromatic ring is 1. The van der Waals surface area contributed by atoms with Gasteiger partial charge in [-0.25, -0.2) is 18.4 Å². The van der Waals surface area contributed by atoms with Crippen molar-refractivity contribution < 1.29 is 8.42 Å². The fourth-order valence-electron chi connectivity index (χ4n) is 2.95. The van der Waals surface area contributed by atoms with Gasteiger partial charge in [0.25, 0.3) is 0 Å². The van der Waals surface area contributed by atoms with E-state index in [0.29, 0.717) is 16.7 Å². The monoisotopic (exact) mass is 440 g/mol. The van der Waals surface area contributed by atoms with E-state index in [1.54, 1.807) is 19.1 Å². The van der Waals surface area contributed by atoms with E-state index in [4.69, 9.17) is 5.73 Å². The van der Waals surface area contributed by atoms with Crippen LogP contribution in [0.4, 0.5) is 11.5 Å². The molecule has 4 aromatic rings. The zero-order valence-corrected chi connectivity index (χ0v) is 18.0. The molecule has 0 saturated carbocycles. The predicted molar refractivity (Wildman–Crippen MR) is 120 cm³/mol. The summed E-state index contributed by atoms with van der Waals surface area (Å²) in [4.78, 5) is 9.97. The van der Waals surface area contributed by atoms with E-state index in [1.807, 2.05) is 43.3 Å². The van der Waals surface area contributed by atoms with E-state index in [9.17, 15) is 8.42 Å². The number of anilines is 2. The predicted octanol–water partition coefficient (Wildman–Crippen LogP) is 3.82. The summed E-state index contributed by atoms with van der Waals surface area (Å²) in [6, 6.07) is 14.7. The molecule has 10 heteroatoms. The summed E-state index contributed by atoms with van der Waals surface area (Å²) in [5.41, 5.74) is 10.2. The average molecular weight is 441 g/mol. The SMILES string of the molecule is CCS(=O)(=O)Nc1ccc(Sc2nc(N)c3c(-c4cc(C)[nH]n4)cccc3n2)cc1. The first kappa shape index (κ1) is 20.2. The molecule has 2 aromatic heterocycles. The normalized spacial score (nSPS) is 11.7. The van der Waals surface area contributed by atoms with Crippen LogP contribution in [-0.4, -0.2) is 34.3 Å². The smallest absolute Gasteiger partial charge is 0.232 e. The molecular weight excluding hydrogens is 420 g/mol. The van der Waals surface area contributed by atoms with Gasteiger partial charge in [0.2, 0.25) is 10.0 Å². The van der Waals surface area contributed by atoms with Gasteiger partial charge in [-0.1, -0.05) is 12.1 Å². The highest BCUT2D eigenvalue weighted by atomic mass is 32.2. The van der Waals surface area contributed by atoms with Crippen LogP contribution in [0.25, 0.3) is 22.2 Å². The Bertz CT molecular complexity index is 1320. The summed E-state index contributed by atoms with van der Waals surface area (Å²) in [6.07, 6.45) is 0. The molecule has 0 amide bonds. The first-order valence-corrected chi connectivity index (χ1v) is 11.7. The third-order valence-corrected chi connectivity index (χ3v) is 6.61. The lowest BCUT2D eigenvalue weighted by molar-refractivity contribution is 0.602. The number of sulfonamides is 1. The van der Waals surface area contributed by atoms with Crippen LogP contribution in [-0.2, 0) is 10.0 Å². The van der Waals surface area contributed by atoms with Crippen molar-refractivity contribution in [1.29, 1.82) is 0 Å². The highest BCUT2D eigenvalue weighted by Crippen LogP contribution is 2.33. The minimum Gasteiger partial charge on any atom is -0.383 e. The van der Waals surface area contributed by atoms with E-state index in [-0.39, 0.29) is 5.75 Å². The van der Waals surface area contributed by atoms with Crippen molar-refractivity contribution in [2.45, 2.75) is 23.9 Å². The molecule has 0 atom stereocenters. The maximum absolute atomic E-state index is 11.7. The molecular formula is C20H20N6O2S2. The third-order valence-electron chi connectivity index (χ3n) is 4.43. The number of hydrogen-bond acceptors (Lipinski definition) is 7. The topological polar surface area (TPSA) is 127 Å².